The summed E-state index contributed by atoms with van der Waals surface area (Å²) in [5, 5.41) is 21.2. The first-order chi connectivity index (χ1) is 22.1. The number of nitrogens with one attached hydrogen (secondary N) is 4. The van der Waals surface area contributed by atoms with E-state index in [-0.39, 0.29) is 36.7 Å². The van der Waals surface area contributed by atoms with Crippen LogP contribution >= 0.6 is 0 Å². The summed E-state index contributed by atoms with van der Waals surface area (Å²) in [6, 6.07) is 9.31. The smallest absolute Gasteiger partial charge is 0.251 e. The van der Waals surface area contributed by atoms with Crippen LogP contribution in [0.15, 0.2) is 65.8 Å². The van der Waals surface area contributed by atoms with E-state index < -0.39 is 5.41 Å². The van der Waals surface area contributed by atoms with E-state index in [2.05, 4.69) is 47.0 Å². The monoisotopic (exact) mass is 637 g/mol. The number of hydrazine groups is 1. The minimum atomic E-state index is -0.860. The highest BCUT2D eigenvalue weighted by Gasteiger charge is 2.41. The number of carbonyl (C=O) groups is 3. The normalized spacial score (nSPS) is 13.3. The fourth-order valence-electron chi connectivity index (χ4n) is 4.98. The zero-order valence-corrected chi connectivity index (χ0v) is 28.3. The van der Waals surface area contributed by atoms with Gasteiger partial charge in [-0.15, -0.1) is 0 Å². The summed E-state index contributed by atoms with van der Waals surface area (Å²) in [4.78, 5) is 35.6. The summed E-state index contributed by atoms with van der Waals surface area (Å²) < 4.78 is 0. The number of amidine groups is 1. The first kappa shape index (κ1) is 41.5. The van der Waals surface area contributed by atoms with Crippen molar-refractivity contribution in [2.24, 2.45) is 16.7 Å². The highest BCUT2D eigenvalue weighted by Crippen LogP contribution is 2.40. The second kappa shape index (κ2) is 24.8. The molecular formula is C34H55N9O3. The molecule has 12 heteroatoms. The third-order valence-corrected chi connectivity index (χ3v) is 7.33. The third-order valence-electron chi connectivity index (χ3n) is 7.33. The van der Waals surface area contributed by atoms with Crippen LogP contribution in [0.4, 0.5) is 0 Å². The molecule has 1 rings (SSSR count). The molecule has 0 aliphatic rings. The van der Waals surface area contributed by atoms with Crippen molar-refractivity contribution in [3.63, 3.8) is 0 Å². The minimum absolute atomic E-state index is 0.0678. The molecule has 0 aliphatic heterocycles. The summed E-state index contributed by atoms with van der Waals surface area (Å²) in [7, 11) is 3.19. The van der Waals surface area contributed by atoms with Crippen LogP contribution in [-0.4, -0.2) is 68.7 Å². The van der Waals surface area contributed by atoms with Gasteiger partial charge in [0.2, 0.25) is 12.3 Å². The van der Waals surface area contributed by atoms with Gasteiger partial charge in [-0.25, -0.2) is 11.4 Å². The molecule has 2 atom stereocenters. The average Bonchev–Trinajstić information content (AvgIpc) is 3.06. The zero-order chi connectivity index (χ0) is 34.8. The van der Waals surface area contributed by atoms with Crippen LogP contribution in [-0.2, 0) is 15.0 Å². The molecule has 0 fully saturated rings. The number of allylic oxidation sites excluding steroid dienone is 3. The van der Waals surface area contributed by atoms with Crippen LogP contribution in [0.5, 0.6) is 0 Å². The van der Waals surface area contributed by atoms with Gasteiger partial charge in [-0.2, -0.15) is 10.4 Å². The number of rotatable bonds is 21. The summed E-state index contributed by atoms with van der Waals surface area (Å²) in [5.74, 6) is 5.56. The standard InChI is InChI=1S/C25H39N7O2.C9H16N2O/c1-6-10-20(11-8-9-12-22(33)28-4)25(24(26)31-32-27,17-18(3)30-7-2)21-15-13-19(14-16-21)23(34)29-5;1-2-3-4-5-7-11(9-12)8-6-10/h6,8-10,13-16,18,30,32H,1,7,11-12,17,27H2,2-5H3,(H2,26,31)(H,28,33)(H,29,34);9H,2-5,7-8H2,1H3/b9-8-,20-10+;. The number of hydrogen-bond donors (Lipinski definition) is 6. The van der Waals surface area contributed by atoms with Crippen molar-refractivity contribution in [2.75, 3.05) is 33.7 Å². The third kappa shape index (κ3) is 14.5. The van der Waals surface area contributed by atoms with E-state index >= 15 is 0 Å². The highest BCUT2D eigenvalue weighted by atomic mass is 16.2. The fraction of sp³-hybridized carbons (Fsp3) is 0.500. The van der Waals surface area contributed by atoms with E-state index in [4.69, 9.17) is 16.8 Å². The van der Waals surface area contributed by atoms with Gasteiger partial charge in [0.05, 0.1) is 11.5 Å². The SMILES string of the molecule is C=C/C=C(\C/C=C\CC(=O)NC)C(CC(C)NCC)(/C(N)=N/NN)c1ccc(C(=O)NC)cc1.CCCCCCN(C=O)CC#N. The second-order valence-electron chi connectivity index (χ2n) is 10.6. The van der Waals surface area contributed by atoms with E-state index in [1.807, 2.05) is 43.4 Å². The Bertz CT molecular complexity index is 1190. The molecule has 0 saturated heterocycles. The van der Waals surface area contributed by atoms with Crippen LogP contribution in [0.1, 0.15) is 81.6 Å². The Morgan fingerprint density at radius 3 is 2.30 bits per heavy atom. The maximum atomic E-state index is 12.1. The van der Waals surface area contributed by atoms with E-state index in [0.717, 1.165) is 43.5 Å². The van der Waals surface area contributed by atoms with Gasteiger partial charge in [0.1, 0.15) is 12.4 Å². The maximum absolute atomic E-state index is 12.1. The highest BCUT2D eigenvalue weighted by molar-refractivity contribution is 5.97. The minimum Gasteiger partial charge on any atom is -0.385 e. The molecular weight excluding hydrogens is 582 g/mol. The molecule has 0 bridgehead atoms. The van der Waals surface area contributed by atoms with Gasteiger partial charge in [0.15, 0.2) is 0 Å². The lowest BCUT2D eigenvalue weighted by atomic mass is 9.67. The fourth-order valence-corrected chi connectivity index (χ4v) is 4.98. The van der Waals surface area contributed by atoms with Crippen LogP contribution in [0.3, 0.4) is 0 Å². The molecule has 0 spiro atoms. The maximum Gasteiger partial charge on any atom is 0.251 e. The number of amides is 3. The van der Waals surface area contributed by atoms with Crippen molar-refractivity contribution < 1.29 is 14.4 Å². The molecule has 0 saturated carbocycles. The van der Waals surface area contributed by atoms with Crippen molar-refractivity contribution in [2.45, 2.75) is 77.2 Å². The number of nitrogens with zero attached hydrogens (tertiary/aromatic N) is 3. The summed E-state index contributed by atoms with van der Waals surface area (Å²) in [5.41, 5.74) is 10.4. The lowest BCUT2D eigenvalue weighted by Gasteiger charge is -2.38. The molecule has 1 aromatic rings. The van der Waals surface area contributed by atoms with Crippen LogP contribution in [0, 0.1) is 11.3 Å². The molecule has 12 nitrogen and oxygen atoms in total. The van der Waals surface area contributed by atoms with Gasteiger partial charge in [-0.3, -0.25) is 14.4 Å². The molecule has 46 heavy (non-hydrogen) atoms. The van der Waals surface area contributed by atoms with Gasteiger partial charge in [-0.1, -0.05) is 76.1 Å². The number of unbranched alkanes of at least 4 members (excludes halogenated alkanes) is 3. The first-order valence-corrected chi connectivity index (χ1v) is 15.7. The second-order valence-corrected chi connectivity index (χ2v) is 10.6. The van der Waals surface area contributed by atoms with Crippen molar-refractivity contribution in [1.29, 1.82) is 5.26 Å². The lowest BCUT2D eigenvalue weighted by molar-refractivity contribution is -0.120. The van der Waals surface area contributed by atoms with E-state index in [1.54, 1.807) is 32.3 Å². The van der Waals surface area contributed by atoms with Gasteiger partial charge < -0.3 is 26.6 Å². The molecule has 3 amide bonds. The van der Waals surface area contributed by atoms with E-state index in [0.29, 0.717) is 18.4 Å². The number of benzene rings is 1. The molecule has 0 heterocycles. The van der Waals surface area contributed by atoms with Crippen LogP contribution < -0.4 is 33.1 Å². The largest absolute Gasteiger partial charge is 0.385 e. The predicted octanol–water partition coefficient (Wildman–Crippen LogP) is 3.15. The van der Waals surface area contributed by atoms with Gasteiger partial charge in [0.25, 0.3) is 5.91 Å². The molecule has 1 aromatic carbocycles. The van der Waals surface area contributed by atoms with Crippen molar-refractivity contribution >= 4 is 24.1 Å². The Kier molecular flexibility index (Phi) is 22.4. The molecule has 0 aliphatic carbocycles. The molecule has 8 N–H and O–H groups in total. The predicted molar refractivity (Wildman–Crippen MR) is 186 cm³/mol. The summed E-state index contributed by atoms with van der Waals surface area (Å²) >= 11 is 0. The number of carbonyl (C=O) groups excluding carboxylic acids is 3. The van der Waals surface area contributed by atoms with Crippen molar-refractivity contribution in [3.8, 4) is 6.07 Å². The Hall–Kier alpha value is -4.47. The Morgan fingerprint density at radius 2 is 1.78 bits per heavy atom. The number of hydrogen-bond acceptors (Lipinski definition) is 8. The van der Waals surface area contributed by atoms with Crippen LogP contribution in [0.2, 0.25) is 0 Å². The molecule has 0 aromatic heterocycles. The molecule has 0 radical (unpaired) electrons. The Balaban J connectivity index is 0.00000142. The van der Waals surface area contributed by atoms with Gasteiger partial charge in [-0.05, 0) is 56.0 Å². The lowest BCUT2D eigenvalue weighted by Crippen LogP contribution is -2.48. The van der Waals surface area contributed by atoms with E-state index in [1.165, 1.54) is 17.7 Å². The summed E-state index contributed by atoms with van der Waals surface area (Å²) in [6.07, 6.45) is 14.0. The van der Waals surface area contributed by atoms with Crippen molar-refractivity contribution in [3.05, 3.63) is 71.8 Å². The quantitative estimate of drug-likeness (QED) is 0.0136. The van der Waals surface area contributed by atoms with E-state index in [9.17, 15) is 14.4 Å². The molecule has 2 unspecified atom stereocenters. The van der Waals surface area contributed by atoms with Crippen molar-refractivity contribution in [1.82, 2.24) is 26.4 Å². The average molecular weight is 638 g/mol. The molecule has 254 valence electrons. The summed E-state index contributed by atoms with van der Waals surface area (Å²) in [6.45, 7) is 11.9. The zero-order valence-electron chi connectivity index (χ0n) is 28.3. The number of nitrogens with two attached hydrogens (primary N) is 2. The number of nitriles is 1. The number of hydrazone groups is 1. The van der Waals surface area contributed by atoms with Gasteiger partial charge >= 0.3 is 0 Å². The Morgan fingerprint density at radius 1 is 1.11 bits per heavy atom. The topological polar surface area (TPSA) is 191 Å². The Labute approximate surface area is 275 Å². The van der Waals surface area contributed by atoms with Crippen LogP contribution in [0.25, 0.3) is 0 Å². The first-order valence-electron chi connectivity index (χ1n) is 15.7. The van der Waals surface area contributed by atoms with Gasteiger partial charge in [0, 0.05) is 38.7 Å².